The lowest BCUT2D eigenvalue weighted by molar-refractivity contribution is -0.181. The molecule has 1 aliphatic rings. The van der Waals surface area contributed by atoms with Gasteiger partial charge in [0, 0.05) is 0 Å². The van der Waals surface area contributed by atoms with Gasteiger partial charge in [0.15, 0.2) is 5.79 Å². The van der Waals surface area contributed by atoms with Crippen molar-refractivity contribution < 1.29 is 14.6 Å². The van der Waals surface area contributed by atoms with Gasteiger partial charge in [-0.15, -0.1) is 0 Å². The molecular formula is C10H20O3. The van der Waals surface area contributed by atoms with Gasteiger partial charge in [-0.05, 0) is 19.3 Å². The molecule has 0 bridgehead atoms. The minimum Gasteiger partial charge on any atom is -0.394 e. The predicted molar refractivity (Wildman–Crippen MR) is 50.4 cm³/mol. The van der Waals surface area contributed by atoms with Crippen molar-refractivity contribution in [3.8, 4) is 0 Å². The molecule has 3 nitrogen and oxygen atoms in total. The summed E-state index contributed by atoms with van der Waals surface area (Å²) in [5.41, 5.74) is 0. The zero-order valence-electron chi connectivity index (χ0n) is 8.75. The molecule has 1 aliphatic heterocycles. The maximum Gasteiger partial charge on any atom is 0.168 e. The molecule has 78 valence electrons. The zero-order valence-corrected chi connectivity index (χ0v) is 8.75. The molecule has 0 radical (unpaired) electrons. The third-order valence-corrected chi connectivity index (χ3v) is 2.81. The molecule has 3 heteroatoms. The Hall–Kier alpha value is -0.120. The van der Waals surface area contributed by atoms with E-state index in [-0.39, 0.29) is 18.8 Å². The van der Waals surface area contributed by atoms with Crippen LogP contribution in [-0.4, -0.2) is 29.7 Å². The molecule has 0 amide bonds. The molecule has 1 saturated heterocycles. The standard InChI is InChI=1S/C10H20O3/c1-4-8-9(7-11)13-10(5-2,6-3)12-8/h8-9,11H,4-7H2,1-3H3. The summed E-state index contributed by atoms with van der Waals surface area (Å²) in [6, 6.07) is 0. The fourth-order valence-electron chi connectivity index (χ4n) is 1.82. The lowest BCUT2D eigenvalue weighted by Crippen LogP contribution is -2.29. The van der Waals surface area contributed by atoms with Crippen LogP contribution >= 0.6 is 0 Å². The summed E-state index contributed by atoms with van der Waals surface area (Å²) in [7, 11) is 0. The van der Waals surface area contributed by atoms with Gasteiger partial charge in [0.25, 0.3) is 0 Å². The Labute approximate surface area is 80.0 Å². The Morgan fingerprint density at radius 2 is 1.62 bits per heavy atom. The number of hydrogen-bond donors (Lipinski definition) is 1. The van der Waals surface area contributed by atoms with Gasteiger partial charge in [0.2, 0.25) is 0 Å². The minimum atomic E-state index is -0.436. The third kappa shape index (κ3) is 2.03. The maximum absolute atomic E-state index is 9.09. The highest BCUT2D eigenvalue weighted by atomic mass is 16.8. The van der Waals surface area contributed by atoms with Gasteiger partial charge in [-0.25, -0.2) is 0 Å². The number of hydrogen-bond acceptors (Lipinski definition) is 3. The Kier molecular flexibility index (Phi) is 3.71. The fraction of sp³-hybridized carbons (Fsp3) is 1.00. The first-order valence-electron chi connectivity index (χ1n) is 5.17. The first-order chi connectivity index (χ1) is 6.21. The van der Waals surface area contributed by atoms with E-state index in [9.17, 15) is 0 Å². The van der Waals surface area contributed by atoms with Crippen LogP contribution in [0.2, 0.25) is 0 Å². The summed E-state index contributed by atoms with van der Waals surface area (Å²) in [5.74, 6) is -0.436. The largest absolute Gasteiger partial charge is 0.394 e. The molecule has 0 aromatic heterocycles. The molecule has 1 fully saturated rings. The fourth-order valence-corrected chi connectivity index (χ4v) is 1.82. The molecule has 0 aliphatic carbocycles. The smallest absolute Gasteiger partial charge is 0.168 e. The molecule has 0 aromatic rings. The highest BCUT2D eigenvalue weighted by Crippen LogP contribution is 2.35. The van der Waals surface area contributed by atoms with Crippen molar-refractivity contribution in [1.82, 2.24) is 0 Å². The van der Waals surface area contributed by atoms with Gasteiger partial charge in [0.1, 0.15) is 6.10 Å². The normalized spacial score (nSPS) is 32.3. The maximum atomic E-state index is 9.09. The molecule has 1 heterocycles. The second-order valence-electron chi connectivity index (χ2n) is 3.52. The van der Waals surface area contributed by atoms with Crippen LogP contribution < -0.4 is 0 Å². The van der Waals surface area contributed by atoms with E-state index < -0.39 is 5.79 Å². The predicted octanol–water partition coefficient (Wildman–Crippen LogP) is 1.69. The molecule has 2 unspecified atom stereocenters. The van der Waals surface area contributed by atoms with Crippen molar-refractivity contribution in [2.24, 2.45) is 0 Å². The van der Waals surface area contributed by atoms with Crippen LogP contribution in [0.25, 0.3) is 0 Å². The second kappa shape index (κ2) is 4.40. The van der Waals surface area contributed by atoms with E-state index in [1.165, 1.54) is 0 Å². The Bertz CT molecular complexity index is 140. The molecule has 1 N–H and O–H groups in total. The second-order valence-corrected chi connectivity index (χ2v) is 3.52. The van der Waals surface area contributed by atoms with E-state index in [1.807, 2.05) is 0 Å². The minimum absolute atomic E-state index is 0.0558. The van der Waals surface area contributed by atoms with E-state index >= 15 is 0 Å². The van der Waals surface area contributed by atoms with Crippen LogP contribution in [-0.2, 0) is 9.47 Å². The van der Waals surface area contributed by atoms with E-state index in [0.29, 0.717) is 0 Å². The monoisotopic (exact) mass is 188 g/mol. The van der Waals surface area contributed by atoms with Crippen molar-refractivity contribution in [1.29, 1.82) is 0 Å². The zero-order chi connectivity index (χ0) is 9.90. The number of ether oxygens (including phenoxy) is 2. The van der Waals surface area contributed by atoms with Crippen LogP contribution in [0.5, 0.6) is 0 Å². The summed E-state index contributed by atoms with van der Waals surface area (Å²) in [6.07, 6.45) is 2.51. The average Bonchev–Trinajstić information content (AvgIpc) is 2.57. The molecule has 1 rings (SSSR count). The van der Waals surface area contributed by atoms with Crippen molar-refractivity contribution in [2.75, 3.05) is 6.61 Å². The first kappa shape index (κ1) is 11.0. The van der Waals surface area contributed by atoms with Crippen LogP contribution in [0.1, 0.15) is 40.0 Å². The van der Waals surface area contributed by atoms with E-state index in [2.05, 4.69) is 20.8 Å². The summed E-state index contributed by atoms with van der Waals surface area (Å²) >= 11 is 0. The number of rotatable bonds is 4. The Morgan fingerprint density at radius 1 is 1.08 bits per heavy atom. The lowest BCUT2D eigenvalue weighted by Gasteiger charge is -2.24. The first-order valence-corrected chi connectivity index (χ1v) is 5.17. The van der Waals surface area contributed by atoms with Gasteiger partial charge < -0.3 is 14.6 Å². The molecule has 0 spiro atoms. The van der Waals surface area contributed by atoms with Gasteiger partial charge in [-0.1, -0.05) is 20.8 Å². The van der Waals surface area contributed by atoms with Gasteiger partial charge in [-0.2, -0.15) is 0 Å². The highest BCUT2D eigenvalue weighted by molar-refractivity contribution is 4.83. The average molecular weight is 188 g/mol. The van der Waals surface area contributed by atoms with E-state index in [0.717, 1.165) is 19.3 Å². The molecule has 2 atom stereocenters. The van der Waals surface area contributed by atoms with Crippen LogP contribution in [0.4, 0.5) is 0 Å². The summed E-state index contributed by atoms with van der Waals surface area (Å²) in [4.78, 5) is 0. The Morgan fingerprint density at radius 3 is 1.92 bits per heavy atom. The van der Waals surface area contributed by atoms with Crippen molar-refractivity contribution in [3.05, 3.63) is 0 Å². The van der Waals surface area contributed by atoms with Gasteiger partial charge in [-0.3, -0.25) is 0 Å². The summed E-state index contributed by atoms with van der Waals surface area (Å²) in [6.45, 7) is 6.21. The quantitative estimate of drug-likeness (QED) is 0.729. The number of aliphatic hydroxyl groups is 1. The topological polar surface area (TPSA) is 38.7 Å². The van der Waals surface area contributed by atoms with E-state index in [1.54, 1.807) is 0 Å². The van der Waals surface area contributed by atoms with Crippen LogP contribution in [0, 0.1) is 0 Å². The Balaban J connectivity index is 2.65. The van der Waals surface area contributed by atoms with Crippen LogP contribution in [0.15, 0.2) is 0 Å². The molecule has 0 saturated carbocycles. The highest BCUT2D eigenvalue weighted by Gasteiger charge is 2.43. The van der Waals surface area contributed by atoms with Crippen molar-refractivity contribution in [3.63, 3.8) is 0 Å². The van der Waals surface area contributed by atoms with E-state index in [4.69, 9.17) is 14.6 Å². The third-order valence-electron chi connectivity index (χ3n) is 2.81. The van der Waals surface area contributed by atoms with Crippen LogP contribution in [0.3, 0.4) is 0 Å². The summed E-state index contributed by atoms with van der Waals surface area (Å²) in [5, 5.41) is 9.09. The van der Waals surface area contributed by atoms with Crippen molar-refractivity contribution in [2.45, 2.75) is 58.0 Å². The van der Waals surface area contributed by atoms with Gasteiger partial charge >= 0.3 is 0 Å². The molecule has 0 aromatic carbocycles. The SMILES string of the molecule is CCC1OC(CC)(CC)OC1CO. The molecule has 13 heavy (non-hydrogen) atoms. The van der Waals surface area contributed by atoms with Gasteiger partial charge in [0.05, 0.1) is 12.7 Å². The van der Waals surface area contributed by atoms with Crippen molar-refractivity contribution >= 4 is 0 Å². The molecular weight excluding hydrogens is 168 g/mol. The lowest BCUT2D eigenvalue weighted by atomic mass is 10.1. The number of aliphatic hydroxyl groups excluding tert-OH is 1. The summed E-state index contributed by atoms with van der Waals surface area (Å²) < 4.78 is 11.5.